The molecular formula is C13H12BrClN2O2S. The molecule has 2 rings (SSSR count). The Bertz CT molecular complexity index is 722. The molecule has 0 atom stereocenters. The molecule has 0 saturated heterocycles. The number of benzene rings is 1. The quantitative estimate of drug-likeness (QED) is 0.827. The molecule has 0 fully saturated rings. The first-order valence-electron chi connectivity index (χ1n) is 5.71. The standard InChI is InChI=1S/C13H12BrClN2O2S/c1-8-5-10(14)6-9(2)13(8)17-20(18,19)11-3-4-12(15)16-7-11/h3-7,17H,1-2H3. The van der Waals surface area contributed by atoms with E-state index in [1.807, 2.05) is 26.0 Å². The molecule has 0 aliphatic carbocycles. The van der Waals surface area contributed by atoms with E-state index in [9.17, 15) is 8.42 Å². The Kier molecular flexibility index (Phi) is 4.36. The fourth-order valence-corrected chi connectivity index (χ4v) is 3.73. The highest BCUT2D eigenvalue weighted by Gasteiger charge is 2.17. The Labute approximate surface area is 131 Å². The number of aromatic nitrogens is 1. The van der Waals surface area contributed by atoms with Gasteiger partial charge in [-0.1, -0.05) is 27.5 Å². The monoisotopic (exact) mass is 374 g/mol. The summed E-state index contributed by atoms with van der Waals surface area (Å²) in [6, 6.07) is 6.56. The van der Waals surface area contributed by atoms with E-state index in [4.69, 9.17) is 11.6 Å². The van der Waals surface area contributed by atoms with Crippen LogP contribution in [0.15, 0.2) is 39.8 Å². The number of nitrogens with zero attached hydrogens (tertiary/aromatic N) is 1. The molecule has 0 bridgehead atoms. The largest absolute Gasteiger partial charge is 0.279 e. The fraction of sp³-hybridized carbons (Fsp3) is 0.154. The van der Waals surface area contributed by atoms with Crippen LogP contribution in [0.25, 0.3) is 0 Å². The van der Waals surface area contributed by atoms with Crippen molar-refractivity contribution in [3.05, 3.63) is 51.2 Å². The number of anilines is 1. The molecule has 0 spiro atoms. The lowest BCUT2D eigenvalue weighted by Gasteiger charge is -2.13. The van der Waals surface area contributed by atoms with Gasteiger partial charge in [0.05, 0.1) is 5.69 Å². The number of halogens is 2. The summed E-state index contributed by atoms with van der Waals surface area (Å²) in [7, 11) is -3.67. The number of rotatable bonds is 3. The summed E-state index contributed by atoms with van der Waals surface area (Å²) in [5.41, 5.74) is 2.24. The normalized spacial score (nSPS) is 11.4. The maximum atomic E-state index is 12.3. The summed E-state index contributed by atoms with van der Waals surface area (Å²) in [5.74, 6) is 0. The Morgan fingerprint density at radius 3 is 2.30 bits per heavy atom. The second-order valence-electron chi connectivity index (χ2n) is 4.34. The molecule has 106 valence electrons. The van der Waals surface area contributed by atoms with Gasteiger partial charge in [-0.15, -0.1) is 0 Å². The molecule has 0 radical (unpaired) electrons. The molecule has 1 N–H and O–H groups in total. The van der Waals surface area contributed by atoms with E-state index in [0.717, 1.165) is 15.6 Å². The van der Waals surface area contributed by atoms with Gasteiger partial charge in [-0.05, 0) is 49.2 Å². The predicted molar refractivity (Wildman–Crippen MR) is 83.7 cm³/mol. The molecular weight excluding hydrogens is 364 g/mol. The molecule has 2 aromatic rings. The Morgan fingerprint density at radius 2 is 1.80 bits per heavy atom. The summed E-state index contributed by atoms with van der Waals surface area (Å²) in [6.07, 6.45) is 1.23. The Balaban J connectivity index is 2.41. The van der Waals surface area contributed by atoms with Crippen molar-refractivity contribution in [1.82, 2.24) is 4.98 Å². The van der Waals surface area contributed by atoms with Crippen molar-refractivity contribution in [2.45, 2.75) is 18.7 Å². The van der Waals surface area contributed by atoms with Crippen molar-refractivity contribution in [3.63, 3.8) is 0 Å². The SMILES string of the molecule is Cc1cc(Br)cc(C)c1NS(=O)(=O)c1ccc(Cl)nc1. The summed E-state index contributed by atoms with van der Waals surface area (Å²) in [5, 5.41) is 0.250. The molecule has 1 aromatic carbocycles. The van der Waals surface area contributed by atoms with E-state index in [-0.39, 0.29) is 10.0 Å². The first kappa shape index (κ1) is 15.3. The maximum absolute atomic E-state index is 12.3. The van der Waals surface area contributed by atoms with Crippen molar-refractivity contribution in [3.8, 4) is 0 Å². The van der Waals surface area contributed by atoms with Crippen LogP contribution in [0.2, 0.25) is 5.15 Å². The molecule has 1 aromatic heterocycles. The third-order valence-electron chi connectivity index (χ3n) is 2.74. The van der Waals surface area contributed by atoms with E-state index < -0.39 is 10.0 Å². The number of pyridine rings is 1. The minimum absolute atomic E-state index is 0.0728. The minimum Gasteiger partial charge on any atom is -0.279 e. The van der Waals surface area contributed by atoms with Crippen molar-refractivity contribution in [2.75, 3.05) is 4.72 Å². The Morgan fingerprint density at radius 1 is 1.20 bits per heavy atom. The van der Waals surface area contributed by atoms with Gasteiger partial charge < -0.3 is 0 Å². The number of aryl methyl sites for hydroxylation is 2. The lowest BCUT2D eigenvalue weighted by molar-refractivity contribution is 0.600. The van der Waals surface area contributed by atoms with E-state index in [0.29, 0.717) is 5.69 Å². The average molecular weight is 376 g/mol. The van der Waals surface area contributed by atoms with Gasteiger partial charge in [0.2, 0.25) is 0 Å². The van der Waals surface area contributed by atoms with Crippen LogP contribution in [0.5, 0.6) is 0 Å². The average Bonchev–Trinajstić information content (AvgIpc) is 2.34. The summed E-state index contributed by atoms with van der Waals surface area (Å²) in [6.45, 7) is 3.69. The van der Waals surface area contributed by atoms with Gasteiger partial charge in [-0.2, -0.15) is 0 Å². The van der Waals surface area contributed by atoms with E-state index in [1.54, 1.807) is 0 Å². The third kappa shape index (κ3) is 3.31. The summed E-state index contributed by atoms with van der Waals surface area (Å²) in [4.78, 5) is 3.86. The molecule has 7 heteroatoms. The van der Waals surface area contributed by atoms with Gasteiger partial charge >= 0.3 is 0 Å². The molecule has 0 amide bonds. The second kappa shape index (κ2) is 5.71. The summed E-state index contributed by atoms with van der Waals surface area (Å²) >= 11 is 9.04. The van der Waals surface area contributed by atoms with Gasteiger partial charge in [-0.25, -0.2) is 13.4 Å². The topological polar surface area (TPSA) is 59.1 Å². The smallest absolute Gasteiger partial charge is 0.263 e. The van der Waals surface area contributed by atoms with Crippen LogP contribution in [0, 0.1) is 13.8 Å². The third-order valence-corrected chi connectivity index (χ3v) is 4.76. The van der Waals surface area contributed by atoms with Crippen molar-refractivity contribution in [1.29, 1.82) is 0 Å². The first-order chi connectivity index (χ1) is 9.29. The van der Waals surface area contributed by atoms with Gasteiger partial charge in [0, 0.05) is 10.7 Å². The lowest BCUT2D eigenvalue weighted by Crippen LogP contribution is -2.15. The Hall–Kier alpha value is -1.11. The highest BCUT2D eigenvalue weighted by atomic mass is 79.9. The molecule has 1 heterocycles. The van der Waals surface area contributed by atoms with Gasteiger partial charge in [0.15, 0.2) is 0 Å². The van der Waals surface area contributed by atoms with Crippen molar-refractivity contribution < 1.29 is 8.42 Å². The van der Waals surface area contributed by atoms with Crippen LogP contribution in [0.3, 0.4) is 0 Å². The van der Waals surface area contributed by atoms with Crippen LogP contribution in [-0.4, -0.2) is 13.4 Å². The van der Waals surface area contributed by atoms with E-state index >= 15 is 0 Å². The molecule has 20 heavy (non-hydrogen) atoms. The first-order valence-corrected chi connectivity index (χ1v) is 8.36. The highest BCUT2D eigenvalue weighted by Crippen LogP contribution is 2.27. The van der Waals surface area contributed by atoms with Crippen molar-refractivity contribution in [2.24, 2.45) is 0 Å². The fourth-order valence-electron chi connectivity index (χ4n) is 1.79. The molecule has 0 aliphatic heterocycles. The maximum Gasteiger partial charge on any atom is 0.263 e. The lowest BCUT2D eigenvalue weighted by atomic mass is 10.1. The van der Waals surface area contributed by atoms with Gasteiger partial charge in [-0.3, -0.25) is 4.72 Å². The number of nitrogens with one attached hydrogen (secondary N) is 1. The minimum atomic E-state index is -3.67. The van der Waals surface area contributed by atoms with E-state index in [2.05, 4.69) is 25.6 Å². The van der Waals surface area contributed by atoms with Crippen LogP contribution in [0.1, 0.15) is 11.1 Å². The molecule has 4 nitrogen and oxygen atoms in total. The zero-order valence-electron chi connectivity index (χ0n) is 10.8. The predicted octanol–water partition coefficient (Wildman–Crippen LogP) is 3.92. The van der Waals surface area contributed by atoms with Crippen LogP contribution < -0.4 is 4.72 Å². The molecule has 0 unspecified atom stereocenters. The van der Waals surface area contributed by atoms with Crippen LogP contribution >= 0.6 is 27.5 Å². The zero-order valence-corrected chi connectivity index (χ0v) is 14.0. The van der Waals surface area contributed by atoms with Crippen LogP contribution in [0.4, 0.5) is 5.69 Å². The van der Waals surface area contributed by atoms with Gasteiger partial charge in [0.25, 0.3) is 10.0 Å². The molecule has 0 saturated carbocycles. The summed E-state index contributed by atoms with van der Waals surface area (Å²) < 4.78 is 28.1. The van der Waals surface area contributed by atoms with Crippen LogP contribution in [-0.2, 0) is 10.0 Å². The molecule has 0 aliphatic rings. The van der Waals surface area contributed by atoms with Crippen molar-refractivity contribution >= 4 is 43.2 Å². The number of hydrogen-bond donors (Lipinski definition) is 1. The number of sulfonamides is 1. The van der Waals surface area contributed by atoms with E-state index in [1.165, 1.54) is 18.3 Å². The van der Waals surface area contributed by atoms with Gasteiger partial charge in [0.1, 0.15) is 10.0 Å². The second-order valence-corrected chi connectivity index (χ2v) is 7.32. The highest BCUT2D eigenvalue weighted by molar-refractivity contribution is 9.10. The number of hydrogen-bond acceptors (Lipinski definition) is 3. The zero-order chi connectivity index (χ0) is 14.9.